The smallest absolute Gasteiger partial charge is 0.262 e. The van der Waals surface area contributed by atoms with Crippen molar-refractivity contribution in [1.82, 2.24) is 9.55 Å². The first kappa shape index (κ1) is 25.0. The van der Waals surface area contributed by atoms with Gasteiger partial charge in [0, 0.05) is 34.3 Å². The third kappa shape index (κ3) is 4.85. The fraction of sp³-hybridized carbons (Fsp3) is 0.345. The number of carbonyl (C=O) groups is 2. The highest BCUT2D eigenvalue weighted by Gasteiger charge is 2.30. The van der Waals surface area contributed by atoms with Gasteiger partial charge in [0.2, 0.25) is 5.91 Å². The van der Waals surface area contributed by atoms with Gasteiger partial charge in [-0.05, 0) is 67.8 Å². The summed E-state index contributed by atoms with van der Waals surface area (Å²) in [6.07, 6.45) is 7.33. The van der Waals surface area contributed by atoms with Crippen LogP contribution in [0.4, 0.5) is 5.13 Å². The number of fused-ring (bicyclic) bond motifs is 1. The lowest BCUT2D eigenvalue weighted by Gasteiger charge is -2.32. The van der Waals surface area contributed by atoms with Gasteiger partial charge >= 0.3 is 0 Å². The fourth-order valence-electron chi connectivity index (χ4n) is 5.31. The molecule has 192 valence electrons. The molecule has 1 aliphatic carbocycles. The molecule has 0 bridgehead atoms. The Hall–Kier alpha value is -3.65. The van der Waals surface area contributed by atoms with Gasteiger partial charge in [-0.25, -0.2) is 4.98 Å². The molecule has 1 fully saturated rings. The maximum Gasteiger partial charge on any atom is 0.262 e. The summed E-state index contributed by atoms with van der Waals surface area (Å²) in [4.78, 5) is 34.0. The quantitative estimate of drug-likeness (QED) is 0.300. The minimum atomic E-state index is -0.155. The molecule has 5 rings (SSSR count). The molecule has 2 heterocycles. The lowest BCUT2D eigenvalue weighted by atomic mass is 9.94. The third-order valence-corrected chi connectivity index (χ3v) is 8.01. The minimum Gasteiger partial charge on any atom is -0.497 e. The number of nitrogens with zero attached hydrogens (tertiary/aromatic N) is 3. The predicted molar refractivity (Wildman–Crippen MR) is 146 cm³/mol. The molecule has 0 aliphatic heterocycles. The Bertz CT molecular complexity index is 1400. The Morgan fingerprint density at radius 1 is 1.03 bits per heavy atom. The number of anilines is 1. The van der Waals surface area contributed by atoms with Crippen LogP contribution in [-0.2, 0) is 11.2 Å². The van der Waals surface area contributed by atoms with Gasteiger partial charge in [0.25, 0.3) is 5.91 Å². The van der Waals surface area contributed by atoms with Crippen molar-refractivity contribution in [2.75, 3.05) is 19.1 Å². The van der Waals surface area contributed by atoms with E-state index in [0.29, 0.717) is 17.1 Å². The predicted octanol–water partition coefficient (Wildman–Crippen LogP) is 6.02. The van der Waals surface area contributed by atoms with E-state index in [4.69, 9.17) is 9.47 Å². The number of methoxy groups -OCH3 is 2. The van der Waals surface area contributed by atoms with E-state index in [1.165, 1.54) is 17.8 Å². The Morgan fingerprint density at radius 2 is 1.73 bits per heavy atom. The van der Waals surface area contributed by atoms with Crippen molar-refractivity contribution in [3.63, 3.8) is 0 Å². The molecule has 1 aliphatic rings. The molecular weight excluding hydrogens is 486 g/mol. The standard InChI is InChI=1S/C29H31N3O4S/c1-19-24(18-27(33)32(29-30-15-16-37-29)21-7-5-4-6-8-21)25-17-23(36-3)13-14-26(25)31(19)28(34)20-9-11-22(35-2)12-10-20/h9-17,21H,4-8,18H2,1-3H3. The van der Waals surface area contributed by atoms with Crippen LogP contribution in [0.1, 0.15) is 53.7 Å². The van der Waals surface area contributed by atoms with Gasteiger partial charge in [0.05, 0.1) is 26.2 Å². The highest BCUT2D eigenvalue weighted by molar-refractivity contribution is 7.13. The number of ether oxygens (including phenoxy) is 2. The first-order valence-corrected chi connectivity index (χ1v) is 13.5. The lowest BCUT2D eigenvalue weighted by Crippen LogP contribution is -2.42. The monoisotopic (exact) mass is 517 g/mol. The van der Waals surface area contributed by atoms with Crippen LogP contribution in [0.5, 0.6) is 11.5 Å². The Morgan fingerprint density at radius 3 is 2.38 bits per heavy atom. The van der Waals surface area contributed by atoms with E-state index in [1.807, 2.05) is 35.4 Å². The van der Waals surface area contributed by atoms with Crippen LogP contribution in [0.25, 0.3) is 10.9 Å². The van der Waals surface area contributed by atoms with Crippen molar-refractivity contribution in [1.29, 1.82) is 0 Å². The molecule has 0 unspecified atom stereocenters. The van der Waals surface area contributed by atoms with Gasteiger partial charge in [-0.1, -0.05) is 19.3 Å². The van der Waals surface area contributed by atoms with E-state index in [0.717, 1.165) is 53.0 Å². The van der Waals surface area contributed by atoms with E-state index in [1.54, 1.807) is 49.2 Å². The highest BCUT2D eigenvalue weighted by atomic mass is 32.1. The van der Waals surface area contributed by atoms with Gasteiger partial charge in [-0.3, -0.25) is 19.1 Å². The average Bonchev–Trinajstić information content (AvgIpc) is 3.55. The van der Waals surface area contributed by atoms with Crippen LogP contribution in [0.15, 0.2) is 54.0 Å². The van der Waals surface area contributed by atoms with E-state index in [9.17, 15) is 9.59 Å². The average molecular weight is 518 g/mol. The maximum absolute atomic E-state index is 13.9. The van der Waals surface area contributed by atoms with Crippen molar-refractivity contribution in [3.05, 3.63) is 70.9 Å². The van der Waals surface area contributed by atoms with Crippen LogP contribution in [0.2, 0.25) is 0 Å². The number of rotatable bonds is 7. The van der Waals surface area contributed by atoms with Crippen LogP contribution >= 0.6 is 11.3 Å². The summed E-state index contributed by atoms with van der Waals surface area (Å²) in [5.41, 5.74) is 2.87. The van der Waals surface area contributed by atoms with Gasteiger partial charge in [-0.2, -0.15) is 0 Å². The van der Waals surface area contributed by atoms with Gasteiger partial charge in [0.1, 0.15) is 11.5 Å². The molecule has 1 amide bonds. The number of benzene rings is 2. The second-order valence-corrected chi connectivity index (χ2v) is 10.2. The Kier molecular flexibility index (Phi) is 7.28. The number of carbonyl (C=O) groups excluding carboxylic acids is 2. The maximum atomic E-state index is 13.9. The van der Waals surface area contributed by atoms with Crippen molar-refractivity contribution < 1.29 is 19.1 Å². The minimum absolute atomic E-state index is 0.00344. The Balaban J connectivity index is 1.56. The topological polar surface area (TPSA) is 73.7 Å². The molecule has 0 spiro atoms. The summed E-state index contributed by atoms with van der Waals surface area (Å²) >= 11 is 1.49. The van der Waals surface area contributed by atoms with Crippen LogP contribution in [0.3, 0.4) is 0 Å². The molecular formula is C29H31N3O4S. The lowest BCUT2D eigenvalue weighted by molar-refractivity contribution is -0.118. The summed E-state index contributed by atoms with van der Waals surface area (Å²) < 4.78 is 12.4. The summed E-state index contributed by atoms with van der Waals surface area (Å²) in [6, 6.07) is 12.9. The summed E-state index contributed by atoms with van der Waals surface area (Å²) in [5.74, 6) is 1.22. The molecule has 8 heteroatoms. The van der Waals surface area contributed by atoms with Crippen molar-refractivity contribution in [2.24, 2.45) is 0 Å². The summed E-state index contributed by atoms with van der Waals surface area (Å²) in [5, 5.41) is 3.49. The molecule has 0 saturated heterocycles. The van der Waals surface area contributed by atoms with E-state index in [2.05, 4.69) is 4.98 Å². The zero-order chi connectivity index (χ0) is 25.9. The van der Waals surface area contributed by atoms with Crippen molar-refractivity contribution in [3.8, 4) is 11.5 Å². The molecule has 0 atom stereocenters. The number of hydrogen-bond donors (Lipinski definition) is 0. The molecule has 0 N–H and O–H groups in total. The molecule has 2 aromatic carbocycles. The zero-order valence-electron chi connectivity index (χ0n) is 21.4. The van der Waals surface area contributed by atoms with E-state index >= 15 is 0 Å². The van der Waals surface area contributed by atoms with Gasteiger partial charge < -0.3 is 9.47 Å². The highest BCUT2D eigenvalue weighted by Crippen LogP contribution is 2.34. The first-order chi connectivity index (χ1) is 18.0. The summed E-state index contributed by atoms with van der Waals surface area (Å²) in [7, 11) is 3.21. The first-order valence-electron chi connectivity index (χ1n) is 12.6. The number of hydrogen-bond acceptors (Lipinski definition) is 6. The number of amides is 1. The number of aromatic nitrogens is 2. The molecule has 0 radical (unpaired) electrons. The molecule has 4 aromatic rings. The number of thiazole rings is 1. The van der Waals surface area contributed by atoms with Crippen LogP contribution in [0, 0.1) is 6.92 Å². The molecule has 2 aromatic heterocycles. The largest absolute Gasteiger partial charge is 0.497 e. The van der Waals surface area contributed by atoms with Gasteiger partial charge in [-0.15, -0.1) is 11.3 Å². The van der Waals surface area contributed by atoms with E-state index in [-0.39, 0.29) is 24.3 Å². The second kappa shape index (κ2) is 10.8. The zero-order valence-corrected chi connectivity index (χ0v) is 22.2. The molecule has 1 saturated carbocycles. The fourth-order valence-corrected chi connectivity index (χ4v) is 6.04. The second-order valence-electron chi connectivity index (χ2n) is 9.36. The molecule has 7 nitrogen and oxygen atoms in total. The Labute approximate surface area is 220 Å². The van der Waals surface area contributed by atoms with Crippen LogP contribution < -0.4 is 14.4 Å². The van der Waals surface area contributed by atoms with E-state index < -0.39 is 0 Å². The molecule has 37 heavy (non-hydrogen) atoms. The SMILES string of the molecule is COc1ccc(C(=O)n2c(C)c(CC(=O)N(c3nccs3)C3CCCCC3)c3cc(OC)ccc32)cc1. The van der Waals surface area contributed by atoms with Crippen molar-refractivity contribution >= 4 is 39.2 Å². The summed E-state index contributed by atoms with van der Waals surface area (Å²) in [6.45, 7) is 1.91. The third-order valence-electron chi connectivity index (χ3n) is 7.24. The van der Waals surface area contributed by atoms with Gasteiger partial charge in [0.15, 0.2) is 5.13 Å². The normalized spacial score (nSPS) is 14.0. The van der Waals surface area contributed by atoms with Crippen molar-refractivity contribution in [2.45, 2.75) is 51.5 Å². The van der Waals surface area contributed by atoms with Crippen LogP contribution in [-0.4, -0.2) is 41.6 Å².